The van der Waals surface area contributed by atoms with Gasteiger partial charge in [0.25, 0.3) is 0 Å². The minimum atomic E-state index is 0.824. The summed E-state index contributed by atoms with van der Waals surface area (Å²) in [6.07, 6.45) is 11.5. The summed E-state index contributed by atoms with van der Waals surface area (Å²) in [6, 6.07) is 0.824. The molecule has 2 nitrogen and oxygen atoms in total. The van der Waals surface area contributed by atoms with Crippen molar-refractivity contribution in [1.29, 1.82) is 0 Å². The molecular weight excluding hydrogens is 196 g/mol. The zero-order valence-electron chi connectivity index (χ0n) is 10.2. The van der Waals surface area contributed by atoms with Crippen LogP contribution in [0.4, 0.5) is 0 Å². The van der Waals surface area contributed by atoms with E-state index < -0.39 is 0 Å². The standard InChI is InChI=1S/C14H24N2/c1-2-4-12(5-3-1)10-15-14-7-9-16-8-6-13(14)11-16/h1-2,12-15H,3-11H2. The van der Waals surface area contributed by atoms with E-state index in [1.165, 1.54) is 58.3 Å². The smallest absolute Gasteiger partial charge is 0.0120 e. The monoisotopic (exact) mass is 220 g/mol. The molecule has 0 aromatic rings. The molecule has 3 aliphatic rings. The predicted octanol–water partition coefficient (Wildman–Crippen LogP) is 2.03. The van der Waals surface area contributed by atoms with Crippen LogP contribution in [0.2, 0.25) is 0 Å². The molecule has 4 atom stereocenters. The Hall–Kier alpha value is -0.340. The van der Waals surface area contributed by atoms with E-state index in [2.05, 4.69) is 22.4 Å². The fourth-order valence-corrected chi connectivity index (χ4v) is 3.58. The molecule has 0 saturated carbocycles. The highest BCUT2D eigenvalue weighted by atomic mass is 15.2. The average Bonchev–Trinajstić information content (AvgIpc) is 2.72. The molecule has 0 spiro atoms. The van der Waals surface area contributed by atoms with Gasteiger partial charge in [-0.15, -0.1) is 0 Å². The third-order valence-electron chi connectivity index (χ3n) is 4.68. The molecule has 0 radical (unpaired) electrons. The van der Waals surface area contributed by atoms with Gasteiger partial charge in [-0.3, -0.25) is 0 Å². The lowest BCUT2D eigenvalue weighted by Gasteiger charge is -2.32. The molecule has 1 aliphatic carbocycles. The van der Waals surface area contributed by atoms with Gasteiger partial charge < -0.3 is 10.2 Å². The summed E-state index contributed by atoms with van der Waals surface area (Å²) in [6.45, 7) is 5.31. The molecule has 2 bridgehead atoms. The molecule has 16 heavy (non-hydrogen) atoms. The minimum Gasteiger partial charge on any atom is -0.313 e. The molecule has 90 valence electrons. The fraction of sp³-hybridized carbons (Fsp3) is 0.857. The number of allylic oxidation sites excluding steroid dienone is 2. The van der Waals surface area contributed by atoms with Gasteiger partial charge in [-0.05, 0) is 63.6 Å². The molecule has 1 N–H and O–H groups in total. The Morgan fingerprint density at radius 3 is 2.94 bits per heavy atom. The average molecular weight is 220 g/mol. The van der Waals surface area contributed by atoms with Gasteiger partial charge in [0, 0.05) is 12.6 Å². The van der Waals surface area contributed by atoms with Crippen LogP contribution in [-0.4, -0.2) is 37.1 Å². The van der Waals surface area contributed by atoms with Crippen molar-refractivity contribution < 1.29 is 0 Å². The summed E-state index contributed by atoms with van der Waals surface area (Å²) in [5.74, 6) is 1.86. The number of hydrogen-bond donors (Lipinski definition) is 1. The molecule has 2 heteroatoms. The SMILES string of the molecule is C1=CCC(CNC2CCN3CCC2C3)CC1. The van der Waals surface area contributed by atoms with Crippen LogP contribution in [0.3, 0.4) is 0 Å². The van der Waals surface area contributed by atoms with Gasteiger partial charge in [0.15, 0.2) is 0 Å². The maximum absolute atomic E-state index is 3.86. The van der Waals surface area contributed by atoms with Crippen molar-refractivity contribution >= 4 is 0 Å². The first-order chi connectivity index (χ1) is 7.92. The van der Waals surface area contributed by atoms with Gasteiger partial charge in [0.2, 0.25) is 0 Å². The first-order valence-corrected chi connectivity index (χ1v) is 7.02. The summed E-state index contributed by atoms with van der Waals surface area (Å²) >= 11 is 0. The van der Waals surface area contributed by atoms with Gasteiger partial charge in [0.05, 0.1) is 0 Å². The minimum absolute atomic E-state index is 0.824. The normalized spacial score (nSPS) is 42.5. The second-order valence-electron chi connectivity index (χ2n) is 5.80. The Balaban J connectivity index is 1.45. The Labute approximate surface area is 99.1 Å². The third kappa shape index (κ3) is 2.33. The van der Waals surface area contributed by atoms with Crippen LogP contribution in [0.5, 0.6) is 0 Å². The van der Waals surface area contributed by atoms with E-state index >= 15 is 0 Å². The van der Waals surface area contributed by atoms with E-state index in [4.69, 9.17) is 0 Å². The number of hydrogen-bond acceptors (Lipinski definition) is 2. The van der Waals surface area contributed by atoms with Crippen LogP contribution in [0, 0.1) is 11.8 Å². The quantitative estimate of drug-likeness (QED) is 0.732. The van der Waals surface area contributed by atoms with E-state index in [-0.39, 0.29) is 0 Å². The second kappa shape index (κ2) is 4.89. The van der Waals surface area contributed by atoms with Gasteiger partial charge in [0.1, 0.15) is 0 Å². The lowest BCUT2D eigenvalue weighted by atomic mass is 9.91. The Bertz CT molecular complexity index is 261. The van der Waals surface area contributed by atoms with Crippen LogP contribution in [0.25, 0.3) is 0 Å². The summed E-state index contributed by atoms with van der Waals surface area (Å²) in [5.41, 5.74) is 0. The highest BCUT2D eigenvalue weighted by Gasteiger charge is 2.33. The molecule has 0 amide bonds. The van der Waals surface area contributed by atoms with Crippen molar-refractivity contribution in [2.75, 3.05) is 26.2 Å². The molecule has 4 unspecified atom stereocenters. The zero-order valence-corrected chi connectivity index (χ0v) is 10.2. The van der Waals surface area contributed by atoms with Crippen LogP contribution in [0.1, 0.15) is 32.1 Å². The number of nitrogens with one attached hydrogen (secondary N) is 1. The number of piperidine rings is 1. The van der Waals surface area contributed by atoms with E-state index in [0.29, 0.717) is 0 Å². The van der Waals surface area contributed by atoms with Gasteiger partial charge in [-0.1, -0.05) is 12.2 Å². The van der Waals surface area contributed by atoms with Crippen molar-refractivity contribution in [3.8, 4) is 0 Å². The topological polar surface area (TPSA) is 15.3 Å². The second-order valence-corrected chi connectivity index (χ2v) is 5.80. The lowest BCUT2D eigenvalue weighted by Crippen LogP contribution is -2.45. The number of fused-ring (bicyclic) bond motifs is 2. The van der Waals surface area contributed by atoms with Crippen LogP contribution in [0.15, 0.2) is 12.2 Å². The highest BCUT2D eigenvalue weighted by Crippen LogP contribution is 2.27. The van der Waals surface area contributed by atoms with E-state index in [1.807, 2.05) is 0 Å². The van der Waals surface area contributed by atoms with Crippen molar-refractivity contribution in [3.05, 3.63) is 12.2 Å². The van der Waals surface area contributed by atoms with Crippen molar-refractivity contribution in [2.24, 2.45) is 11.8 Å². The van der Waals surface area contributed by atoms with Crippen LogP contribution >= 0.6 is 0 Å². The molecule has 2 heterocycles. The van der Waals surface area contributed by atoms with Crippen LogP contribution in [-0.2, 0) is 0 Å². The fourth-order valence-electron chi connectivity index (χ4n) is 3.58. The molecule has 0 aromatic carbocycles. The van der Waals surface area contributed by atoms with Gasteiger partial charge >= 0.3 is 0 Å². The molecule has 2 aliphatic heterocycles. The molecule has 2 fully saturated rings. The third-order valence-corrected chi connectivity index (χ3v) is 4.68. The van der Waals surface area contributed by atoms with E-state index in [9.17, 15) is 0 Å². The number of rotatable bonds is 3. The van der Waals surface area contributed by atoms with E-state index in [1.54, 1.807) is 0 Å². The summed E-state index contributed by atoms with van der Waals surface area (Å²) in [5, 5.41) is 3.86. The van der Waals surface area contributed by atoms with Gasteiger partial charge in [-0.25, -0.2) is 0 Å². The molecule has 0 aromatic heterocycles. The maximum atomic E-state index is 3.86. The molecule has 3 rings (SSSR count). The van der Waals surface area contributed by atoms with Crippen LogP contribution < -0.4 is 5.32 Å². The predicted molar refractivity (Wildman–Crippen MR) is 67.4 cm³/mol. The van der Waals surface area contributed by atoms with Crippen molar-refractivity contribution in [3.63, 3.8) is 0 Å². The number of nitrogens with zero attached hydrogens (tertiary/aromatic N) is 1. The molecule has 2 saturated heterocycles. The highest BCUT2D eigenvalue weighted by molar-refractivity contribution is 4.93. The van der Waals surface area contributed by atoms with Crippen molar-refractivity contribution in [1.82, 2.24) is 10.2 Å². The van der Waals surface area contributed by atoms with E-state index in [0.717, 1.165) is 17.9 Å². The first kappa shape index (κ1) is 10.8. The zero-order chi connectivity index (χ0) is 10.8. The van der Waals surface area contributed by atoms with Crippen molar-refractivity contribution in [2.45, 2.75) is 38.1 Å². The Morgan fingerprint density at radius 1 is 1.12 bits per heavy atom. The Morgan fingerprint density at radius 2 is 2.06 bits per heavy atom. The Kier molecular flexibility index (Phi) is 3.30. The largest absolute Gasteiger partial charge is 0.313 e. The summed E-state index contributed by atoms with van der Waals surface area (Å²) < 4.78 is 0. The molecular formula is C14H24N2. The van der Waals surface area contributed by atoms with Gasteiger partial charge in [-0.2, -0.15) is 0 Å². The maximum Gasteiger partial charge on any atom is 0.0120 e. The first-order valence-electron chi connectivity index (χ1n) is 7.02. The summed E-state index contributed by atoms with van der Waals surface area (Å²) in [7, 11) is 0. The lowest BCUT2D eigenvalue weighted by molar-refractivity contribution is 0.214. The summed E-state index contributed by atoms with van der Waals surface area (Å²) in [4.78, 5) is 2.63.